The molecule has 0 spiro atoms. The molecule has 39 heavy (non-hydrogen) atoms. The number of benzene rings is 2. The van der Waals surface area contributed by atoms with Gasteiger partial charge < -0.3 is 25.2 Å². The van der Waals surface area contributed by atoms with Gasteiger partial charge in [-0.3, -0.25) is 19.2 Å². The molecule has 0 bridgehead atoms. The zero-order chi connectivity index (χ0) is 27.7. The van der Waals surface area contributed by atoms with E-state index in [1.54, 1.807) is 4.90 Å². The van der Waals surface area contributed by atoms with Gasteiger partial charge in [0.25, 0.3) is 11.8 Å². The van der Waals surface area contributed by atoms with Crippen molar-refractivity contribution < 1.29 is 19.5 Å². The number of aliphatic hydroxyl groups is 1. The maximum atomic E-state index is 13.6. The Bertz CT molecular complexity index is 1460. The van der Waals surface area contributed by atoms with Gasteiger partial charge in [-0.1, -0.05) is 60.7 Å². The molecule has 4 atom stereocenters. The van der Waals surface area contributed by atoms with E-state index in [4.69, 9.17) is 0 Å². The molecule has 2 fully saturated rings. The minimum absolute atomic E-state index is 0.0190. The summed E-state index contributed by atoms with van der Waals surface area (Å²) in [5, 5.41) is 14.0. The van der Waals surface area contributed by atoms with Crippen LogP contribution in [0.15, 0.2) is 77.6 Å². The number of β-lactam (4-membered cyclic amide) rings is 1. The fraction of sp³-hybridized carbons (Fsp3) is 0.310. The highest BCUT2D eigenvalue weighted by atomic mass is 32.2. The number of hydrogen-bond donors (Lipinski definition) is 3. The molecule has 5 rings (SSSR count). The van der Waals surface area contributed by atoms with Gasteiger partial charge in [0.1, 0.15) is 16.6 Å². The summed E-state index contributed by atoms with van der Waals surface area (Å²) >= 11 is 1.49. The zero-order valence-corrected chi connectivity index (χ0v) is 22.5. The smallest absolute Gasteiger partial charge is 0.268 e. The van der Waals surface area contributed by atoms with Gasteiger partial charge in [0.2, 0.25) is 11.5 Å². The number of aromatic amines is 1. The molecule has 0 radical (unpaired) electrons. The molecule has 2 aliphatic rings. The van der Waals surface area contributed by atoms with Crippen molar-refractivity contribution in [3.05, 3.63) is 106 Å². The summed E-state index contributed by atoms with van der Waals surface area (Å²) in [6.07, 6.45) is -1.43. The Morgan fingerprint density at radius 1 is 1.08 bits per heavy atom. The molecule has 2 aliphatic heterocycles. The highest BCUT2D eigenvalue weighted by Crippen LogP contribution is 2.51. The van der Waals surface area contributed by atoms with Crippen molar-refractivity contribution in [2.45, 2.75) is 49.9 Å². The Hall–Kier alpha value is -3.89. The first-order valence-electron chi connectivity index (χ1n) is 12.7. The first kappa shape index (κ1) is 26.7. The van der Waals surface area contributed by atoms with Crippen LogP contribution in [0.25, 0.3) is 0 Å². The molecule has 0 saturated carbocycles. The average molecular weight is 547 g/mol. The molecule has 9 nitrogen and oxygen atoms in total. The highest BCUT2D eigenvalue weighted by Gasteiger charge is 2.65. The van der Waals surface area contributed by atoms with Crippen LogP contribution < -0.4 is 10.9 Å². The SMILES string of the molecule is Cc1ccccc1CN1C(=O)[C@H]2N(C(=O)[C@@H](O)[C@H](Cc3ccccc3)NC(=O)c3cccc(=O)[nH]3)CSC21C. The van der Waals surface area contributed by atoms with Gasteiger partial charge >= 0.3 is 0 Å². The summed E-state index contributed by atoms with van der Waals surface area (Å²) in [6.45, 7) is 4.38. The van der Waals surface area contributed by atoms with E-state index in [9.17, 15) is 24.3 Å². The Morgan fingerprint density at radius 2 is 1.79 bits per heavy atom. The molecule has 1 aromatic heterocycles. The number of thioether (sulfide) groups is 1. The standard InChI is InChI=1S/C29H30N4O5S/c1-18-9-6-7-12-20(18)16-33-28(38)25-29(33,2)39-17-32(25)27(37)24(35)22(15-19-10-4-3-5-11-19)31-26(36)21-13-8-14-23(34)30-21/h3-14,22,24-25,35H,15-17H2,1-2H3,(H,30,34)(H,31,36)/t22-,24-,25+,29?/m0/s1. The van der Waals surface area contributed by atoms with Crippen molar-refractivity contribution in [1.29, 1.82) is 0 Å². The molecular formula is C29H30N4O5S. The van der Waals surface area contributed by atoms with Crippen LogP contribution in [-0.2, 0) is 22.6 Å². The van der Waals surface area contributed by atoms with E-state index in [0.29, 0.717) is 6.54 Å². The molecule has 3 heterocycles. The Morgan fingerprint density at radius 3 is 2.51 bits per heavy atom. The van der Waals surface area contributed by atoms with Crippen LogP contribution in [0.1, 0.15) is 34.1 Å². The van der Waals surface area contributed by atoms with Crippen molar-refractivity contribution in [1.82, 2.24) is 20.1 Å². The van der Waals surface area contributed by atoms with Crippen molar-refractivity contribution >= 4 is 29.5 Å². The quantitative estimate of drug-likeness (QED) is 0.372. The number of amides is 3. The lowest BCUT2D eigenvalue weighted by Crippen LogP contribution is -2.73. The number of carbonyl (C=O) groups excluding carboxylic acids is 3. The molecule has 3 amide bonds. The molecule has 3 N–H and O–H groups in total. The number of rotatable bonds is 8. The third-order valence-electron chi connectivity index (χ3n) is 7.49. The van der Waals surface area contributed by atoms with E-state index in [1.165, 1.54) is 34.9 Å². The number of aryl methyl sites for hydroxylation is 1. The van der Waals surface area contributed by atoms with E-state index in [2.05, 4.69) is 10.3 Å². The summed E-state index contributed by atoms with van der Waals surface area (Å²) in [4.78, 5) is 56.6. The second-order valence-corrected chi connectivity index (χ2v) is 11.4. The van der Waals surface area contributed by atoms with E-state index in [-0.39, 0.29) is 23.9 Å². The monoisotopic (exact) mass is 546 g/mol. The lowest BCUT2D eigenvalue weighted by molar-refractivity contribution is -0.168. The topological polar surface area (TPSA) is 123 Å². The number of fused-ring (bicyclic) bond motifs is 1. The van der Waals surface area contributed by atoms with Gasteiger partial charge in [0.15, 0.2) is 6.10 Å². The van der Waals surface area contributed by atoms with Gasteiger partial charge in [-0.2, -0.15) is 0 Å². The summed E-state index contributed by atoms with van der Waals surface area (Å²) < 4.78 is 0. The van der Waals surface area contributed by atoms with Crippen LogP contribution in [0.2, 0.25) is 0 Å². The van der Waals surface area contributed by atoms with Crippen molar-refractivity contribution in [2.24, 2.45) is 0 Å². The zero-order valence-electron chi connectivity index (χ0n) is 21.7. The number of carbonyl (C=O) groups is 3. The van der Waals surface area contributed by atoms with Gasteiger partial charge in [-0.05, 0) is 43.0 Å². The van der Waals surface area contributed by atoms with Crippen molar-refractivity contribution in [3.8, 4) is 0 Å². The number of aromatic nitrogens is 1. The van der Waals surface area contributed by atoms with Crippen LogP contribution in [0.3, 0.4) is 0 Å². The molecule has 10 heteroatoms. The number of hydrogen-bond acceptors (Lipinski definition) is 6. The predicted molar refractivity (Wildman–Crippen MR) is 148 cm³/mol. The summed E-state index contributed by atoms with van der Waals surface area (Å²) in [5.74, 6) is -1.17. The second kappa shape index (κ2) is 10.7. The normalized spacial score (nSPS) is 21.6. The fourth-order valence-electron chi connectivity index (χ4n) is 5.19. The Balaban J connectivity index is 1.34. The van der Waals surface area contributed by atoms with Gasteiger partial charge in [-0.15, -0.1) is 11.8 Å². The fourth-order valence-corrected chi connectivity index (χ4v) is 6.57. The van der Waals surface area contributed by atoms with Crippen LogP contribution in [0.4, 0.5) is 0 Å². The number of H-pyrrole nitrogens is 1. The van der Waals surface area contributed by atoms with Gasteiger partial charge in [0.05, 0.1) is 11.9 Å². The molecule has 3 aromatic rings. The summed E-state index contributed by atoms with van der Waals surface area (Å²) in [5.41, 5.74) is 2.51. The summed E-state index contributed by atoms with van der Waals surface area (Å²) in [6, 6.07) is 19.5. The van der Waals surface area contributed by atoms with Crippen molar-refractivity contribution in [3.63, 3.8) is 0 Å². The second-order valence-electron chi connectivity index (χ2n) is 10.0. The largest absolute Gasteiger partial charge is 0.381 e. The van der Waals surface area contributed by atoms with Gasteiger partial charge in [-0.25, -0.2) is 0 Å². The maximum absolute atomic E-state index is 13.6. The third kappa shape index (κ3) is 5.09. The summed E-state index contributed by atoms with van der Waals surface area (Å²) in [7, 11) is 0. The molecule has 2 saturated heterocycles. The minimum atomic E-state index is -1.61. The first-order chi connectivity index (χ1) is 18.7. The minimum Gasteiger partial charge on any atom is -0.381 e. The average Bonchev–Trinajstić information content (AvgIpc) is 3.25. The third-order valence-corrected chi connectivity index (χ3v) is 8.92. The molecule has 1 unspecified atom stereocenters. The lowest BCUT2D eigenvalue weighted by atomic mass is 9.91. The first-order valence-corrected chi connectivity index (χ1v) is 13.7. The van der Waals surface area contributed by atoms with E-state index < -0.39 is 40.4 Å². The van der Waals surface area contributed by atoms with Crippen LogP contribution in [0, 0.1) is 6.92 Å². The number of pyridine rings is 1. The van der Waals surface area contributed by atoms with E-state index in [0.717, 1.165) is 16.7 Å². The molecule has 2 aromatic carbocycles. The Kier molecular flexibility index (Phi) is 7.33. The predicted octanol–water partition coefficient (Wildman–Crippen LogP) is 2.05. The van der Waals surface area contributed by atoms with Crippen LogP contribution in [-0.4, -0.2) is 66.5 Å². The number of nitrogens with one attached hydrogen (secondary N) is 2. The van der Waals surface area contributed by atoms with Crippen LogP contribution >= 0.6 is 11.8 Å². The molecular weight excluding hydrogens is 516 g/mol. The van der Waals surface area contributed by atoms with Crippen LogP contribution in [0.5, 0.6) is 0 Å². The highest BCUT2D eigenvalue weighted by molar-refractivity contribution is 8.01. The lowest BCUT2D eigenvalue weighted by Gasteiger charge is -2.53. The number of likely N-dealkylation sites (tertiary alicyclic amines) is 1. The maximum Gasteiger partial charge on any atom is 0.268 e. The number of nitrogens with zero attached hydrogens (tertiary/aromatic N) is 2. The Labute approximate surface area is 230 Å². The molecule has 202 valence electrons. The van der Waals surface area contributed by atoms with Crippen molar-refractivity contribution in [2.75, 3.05) is 5.88 Å². The number of aliphatic hydroxyl groups excluding tert-OH is 1. The van der Waals surface area contributed by atoms with Gasteiger partial charge in [0, 0.05) is 12.6 Å². The van der Waals surface area contributed by atoms with E-state index in [1.807, 2.05) is 68.4 Å². The van der Waals surface area contributed by atoms with E-state index >= 15 is 0 Å². The molecule has 0 aliphatic carbocycles.